The summed E-state index contributed by atoms with van der Waals surface area (Å²) in [5.74, 6) is 0.678. The van der Waals surface area contributed by atoms with Crippen LogP contribution in [0, 0.1) is 11.3 Å². The second-order valence-electron chi connectivity index (χ2n) is 6.24. The lowest BCUT2D eigenvalue weighted by molar-refractivity contribution is -0.00210. The van der Waals surface area contributed by atoms with Crippen molar-refractivity contribution in [3.05, 3.63) is 0 Å². The van der Waals surface area contributed by atoms with Crippen LogP contribution in [0.3, 0.4) is 0 Å². The third-order valence-electron chi connectivity index (χ3n) is 4.09. The van der Waals surface area contributed by atoms with E-state index in [0.717, 1.165) is 19.3 Å². The number of hydrogen-bond donors (Lipinski definition) is 1. The molecule has 1 saturated carbocycles. The molecule has 1 N–H and O–H groups in total. The fourth-order valence-corrected chi connectivity index (χ4v) is 2.79. The Balaban J connectivity index is 2.10. The molecule has 15 heavy (non-hydrogen) atoms. The molecule has 1 saturated heterocycles. The molecule has 0 bridgehead atoms. The topological polar surface area (TPSA) is 38.3 Å². The van der Waals surface area contributed by atoms with Gasteiger partial charge in [-0.3, -0.25) is 0 Å². The van der Waals surface area contributed by atoms with E-state index < -0.39 is 0 Å². The number of nitrogens with one attached hydrogen (secondary N) is 1. The van der Waals surface area contributed by atoms with E-state index in [2.05, 4.69) is 33.0 Å². The van der Waals surface area contributed by atoms with Crippen LogP contribution >= 0.6 is 0 Å². The number of rotatable bonds is 0. The van der Waals surface area contributed by atoms with Crippen molar-refractivity contribution >= 4 is 6.09 Å². The molecule has 3 atom stereocenters. The largest absolute Gasteiger partial charge is 0.441 e. The molecule has 2 aliphatic rings. The maximum atomic E-state index is 11.2. The Morgan fingerprint density at radius 2 is 2.13 bits per heavy atom. The number of carbonyl (C=O) groups is 1. The molecule has 0 aromatic heterocycles. The van der Waals surface area contributed by atoms with Crippen molar-refractivity contribution in [2.24, 2.45) is 11.3 Å². The van der Waals surface area contributed by atoms with Crippen LogP contribution in [0.1, 0.15) is 47.0 Å². The van der Waals surface area contributed by atoms with E-state index in [1.165, 1.54) is 0 Å². The van der Waals surface area contributed by atoms with Gasteiger partial charge >= 0.3 is 6.09 Å². The summed E-state index contributed by atoms with van der Waals surface area (Å²) in [7, 11) is 0. The van der Waals surface area contributed by atoms with E-state index in [1.54, 1.807) is 0 Å². The normalized spacial score (nSPS) is 40.7. The number of hydrogen-bond acceptors (Lipinski definition) is 2. The second-order valence-corrected chi connectivity index (χ2v) is 6.24. The molecule has 3 heteroatoms. The molecule has 1 heterocycles. The molecule has 0 spiro atoms. The molecule has 0 radical (unpaired) electrons. The highest BCUT2D eigenvalue weighted by Crippen LogP contribution is 2.44. The summed E-state index contributed by atoms with van der Waals surface area (Å²) in [6, 6.07) is 0.211. The van der Waals surface area contributed by atoms with Crippen LogP contribution in [0.15, 0.2) is 0 Å². The van der Waals surface area contributed by atoms with Gasteiger partial charge in [-0.1, -0.05) is 20.8 Å². The van der Waals surface area contributed by atoms with Gasteiger partial charge in [-0.05, 0) is 37.5 Å². The molecule has 86 valence electrons. The van der Waals surface area contributed by atoms with E-state index in [1.807, 2.05) is 0 Å². The summed E-state index contributed by atoms with van der Waals surface area (Å²) in [6.45, 7) is 8.88. The summed E-state index contributed by atoms with van der Waals surface area (Å²) in [5, 5.41) is 2.94. The quantitative estimate of drug-likeness (QED) is 0.669. The molecule has 0 unspecified atom stereocenters. The molecular weight excluding hydrogens is 190 g/mol. The average molecular weight is 211 g/mol. The van der Waals surface area contributed by atoms with E-state index in [4.69, 9.17) is 4.74 Å². The van der Waals surface area contributed by atoms with E-state index in [-0.39, 0.29) is 17.7 Å². The van der Waals surface area contributed by atoms with Gasteiger partial charge in [-0.15, -0.1) is 0 Å². The summed E-state index contributed by atoms with van der Waals surface area (Å²) in [4.78, 5) is 11.2. The van der Waals surface area contributed by atoms with Crippen LogP contribution in [-0.4, -0.2) is 17.7 Å². The minimum atomic E-state index is -0.251. The van der Waals surface area contributed by atoms with Crippen molar-refractivity contribution in [2.75, 3.05) is 0 Å². The molecule has 2 rings (SSSR count). The molecule has 3 nitrogen and oxygen atoms in total. The van der Waals surface area contributed by atoms with Gasteiger partial charge in [0.15, 0.2) is 0 Å². The van der Waals surface area contributed by atoms with E-state index >= 15 is 0 Å². The highest BCUT2D eigenvalue weighted by Gasteiger charge is 2.50. The smallest absolute Gasteiger partial charge is 0.408 e. The zero-order valence-electron chi connectivity index (χ0n) is 10.1. The average Bonchev–Trinajstić information content (AvgIpc) is 2.35. The summed E-state index contributed by atoms with van der Waals surface area (Å²) >= 11 is 0. The number of ether oxygens (including phenoxy) is 1. The predicted molar refractivity (Wildman–Crippen MR) is 58.6 cm³/mol. The Bertz CT molecular complexity index is 282. The van der Waals surface area contributed by atoms with Gasteiger partial charge in [0.1, 0.15) is 5.60 Å². The van der Waals surface area contributed by atoms with Crippen molar-refractivity contribution < 1.29 is 9.53 Å². The molecular formula is C12H21NO2. The van der Waals surface area contributed by atoms with Crippen molar-refractivity contribution in [1.29, 1.82) is 0 Å². The van der Waals surface area contributed by atoms with Gasteiger partial charge in [-0.25, -0.2) is 4.79 Å². The molecule has 1 amide bonds. The van der Waals surface area contributed by atoms with Crippen molar-refractivity contribution in [1.82, 2.24) is 5.32 Å². The summed E-state index contributed by atoms with van der Waals surface area (Å²) < 4.78 is 5.36. The van der Waals surface area contributed by atoms with Crippen LogP contribution in [0.4, 0.5) is 4.79 Å². The number of amides is 1. The Kier molecular flexibility index (Phi) is 2.25. The standard InChI is InChI=1S/C12H21NO2/c1-11(2,3)8-5-6-12(4)9(7-8)13-10(14)15-12/h8-9H,5-7H2,1-4H3,(H,13,14)/t8-,9-,12-/m0/s1. The first-order valence-corrected chi connectivity index (χ1v) is 5.81. The van der Waals surface area contributed by atoms with Crippen LogP contribution in [0.25, 0.3) is 0 Å². The monoisotopic (exact) mass is 211 g/mol. The van der Waals surface area contributed by atoms with Gasteiger partial charge in [-0.2, -0.15) is 0 Å². The lowest BCUT2D eigenvalue weighted by Crippen LogP contribution is -2.48. The fraction of sp³-hybridized carbons (Fsp3) is 0.917. The van der Waals surface area contributed by atoms with E-state index in [0.29, 0.717) is 11.3 Å². The van der Waals surface area contributed by atoms with Gasteiger partial charge in [0.2, 0.25) is 0 Å². The maximum absolute atomic E-state index is 11.2. The summed E-state index contributed by atoms with van der Waals surface area (Å²) in [5.41, 5.74) is 0.0769. The Labute approximate surface area is 91.6 Å². The number of carbonyl (C=O) groups excluding carboxylic acids is 1. The number of alkyl carbamates (subject to hydrolysis) is 1. The van der Waals surface area contributed by atoms with Crippen LogP contribution < -0.4 is 5.32 Å². The van der Waals surface area contributed by atoms with Crippen LogP contribution in [0.5, 0.6) is 0 Å². The molecule has 1 aliphatic heterocycles. The Morgan fingerprint density at radius 1 is 1.47 bits per heavy atom. The first kappa shape index (κ1) is 10.8. The van der Waals surface area contributed by atoms with Gasteiger partial charge in [0, 0.05) is 0 Å². The van der Waals surface area contributed by atoms with Gasteiger partial charge in [0.25, 0.3) is 0 Å². The molecule has 0 aromatic carbocycles. The lowest BCUT2D eigenvalue weighted by Gasteiger charge is -2.42. The molecule has 0 aromatic rings. The first-order valence-electron chi connectivity index (χ1n) is 5.81. The molecule has 1 aliphatic carbocycles. The summed E-state index contributed by atoms with van der Waals surface area (Å²) in [6.07, 6.45) is 2.95. The second kappa shape index (κ2) is 3.13. The maximum Gasteiger partial charge on any atom is 0.408 e. The Morgan fingerprint density at radius 3 is 2.73 bits per heavy atom. The lowest BCUT2D eigenvalue weighted by atomic mass is 9.67. The van der Waals surface area contributed by atoms with E-state index in [9.17, 15) is 4.79 Å². The first-order chi connectivity index (χ1) is 6.81. The third-order valence-corrected chi connectivity index (χ3v) is 4.09. The minimum absolute atomic E-state index is 0.211. The third kappa shape index (κ3) is 1.84. The van der Waals surface area contributed by atoms with Crippen LogP contribution in [0.2, 0.25) is 0 Å². The highest BCUT2D eigenvalue weighted by molar-refractivity contribution is 5.71. The highest BCUT2D eigenvalue weighted by atomic mass is 16.6. The Hall–Kier alpha value is -0.730. The molecule has 2 fully saturated rings. The van der Waals surface area contributed by atoms with Crippen molar-refractivity contribution in [3.63, 3.8) is 0 Å². The fourth-order valence-electron chi connectivity index (χ4n) is 2.79. The van der Waals surface area contributed by atoms with Crippen LogP contribution in [-0.2, 0) is 4.74 Å². The van der Waals surface area contributed by atoms with Gasteiger partial charge in [0.05, 0.1) is 6.04 Å². The van der Waals surface area contributed by atoms with Crippen molar-refractivity contribution in [2.45, 2.75) is 58.6 Å². The van der Waals surface area contributed by atoms with Crippen molar-refractivity contribution in [3.8, 4) is 0 Å². The SMILES string of the molecule is CC(C)(C)[C@H]1CC[C@]2(C)OC(=O)N[C@H]2C1. The van der Waals surface area contributed by atoms with Gasteiger partial charge < -0.3 is 10.1 Å². The predicted octanol–water partition coefficient (Wildman–Crippen LogP) is 2.70. The zero-order chi connectivity index (χ0) is 11.3. The minimum Gasteiger partial charge on any atom is -0.441 e. The number of fused-ring (bicyclic) bond motifs is 1. The zero-order valence-corrected chi connectivity index (χ0v) is 10.1.